The molecule has 0 aliphatic carbocycles. The zero-order chi connectivity index (χ0) is 14.2. The molecule has 0 radical (unpaired) electrons. The number of piperidine rings is 1. The molecule has 2 aliphatic heterocycles. The van der Waals surface area contributed by atoms with E-state index in [1.54, 1.807) is 6.33 Å². The molecule has 4 nitrogen and oxygen atoms in total. The lowest BCUT2D eigenvalue weighted by Gasteiger charge is -2.35. The number of hydrogen-bond donors (Lipinski definition) is 2. The molecule has 2 N–H and O–H groups in total. The van der Waals surface area contributed by atoms with Crippen molar-refractivity contribution in [3.63, 3.8) is 0 Å². The molecule has 7 heteroatoms. The zero-order valence-electron chi connectivity index (χ0n) is 11.2. The van der Waals surface area contributed by atoms with Gasteiger partial charge >= 0.3 is 6.18 Å². The van der Waals surface area contributed by atoms with Gasteiger partial charge in [-0.05, 0) is 25.9 Å². The van der Waals surface area contributed by atoms with Crippen molar-refractivity contribution in [1.82, 2.24) is 20.2 Å². The lowest BCUT2D eigenvalue weighted by molar-refractivity contribution is -0.185. The Labute approximate surface area is 115 Å². The van der Waals surface area contributed by atoms with Crippen LogP contribution in [0.3, 0.4) is 0 Å². The van der Waals surface area contributed by atoms with E-state index in [0.29, 0.717) is 13.1 Å². The molecule has 1 aromatic rings. The average Bonchev–Trinajstić information content (AvgIpc) is 2.86. The summed E-state index contributed by atoms with van der Waals surface area (Å²) in [5.41, 5.74) is 2.20. The highest BCUT2D eigenvalue weighted by molar-refractivity contribution is 5.16. The molecule has 1 aromatic heterocycles. The predicted molar refractivity (Wildman–Crippen MR) is 68.1 cm³/mol. The van der Waals surface area contributed by atoms with Crippen LogP contribution in [0.1, 0.15) is 24.2 Å². The van der Waals surface area contributed by atoms with Crippen molar-refractivity contribution in [2.45, 2.75) is 38.0 Å². The van der Waals surface area contributed by atoms with Crippen LogP contribution >= 0.6 is 0 Å². The van der Waals surface area contributed by atoms with Crippen molar-refractivity contribution in [2.24, 2.45) is 5.92 Å². The zero-order valence-corrected chi connectivity index (χ0v) is 11.2. The van der Waals surface area contributed by atoms with Gasteiger partial charge in [-0.2, -0.15) is 13.2 Å². The minimum absolute atomic E-state index is 0.226. The summed E-state index contributed by atoms with van der Waals surface area (Å²) in [6.07, 6.45) is -1.03. The van der Waals surface area contributed by atoms with Gasteiger partial charge in [0.15, 0.2) is 0 Å². The Bertz CT molecular complexity index is 449. The van der Waals surface area contributed by atoms with Gasteiger partial charge in [0.1, 0.15) is 0 Å². The van der Waals surface area contributed by atoms with Gasteiger partial charge in [0, 0.05) is 25.6 Å². The molecule has 3 heterocycles. The van der Waals surface area contributed by atoms with E-state index >= 15 is 0 Å². The van der Waals surface area contributed by atoms with Gasteiger partial charge < -0.3 is 15.2 Å². The number of H-pyrrole nitrogens is 1. The fourth-order valence-corrected chi connectivity index (χ4v) is 3.11. The molecule has 112 valence electrons. The van der Waals surface area contributed by atoms with Crippen molar-refractivity contribution in [3.05, 3.63) is 17.7 Å². The summed E-state index contributed by atoms with van der Waals surface area (Å²) < 4.78 is 37.8. The summed E-state index contributed by atoms with van der Waals surface area (Å²) in [6.45, 7) is 2.64. The molecule has 0 saturated carbocycles. The Morgan fingerprint density at radius 3 is 2.75 bits per heavy atom. The fraction of sp³-hybridized carbons (Fsp3) is 0.769. The van der Waals surface area contributed by atoms with Crippen molar-refractivity contribution in [3.8, 4) is 0 Å². The second-order valence-corrected chi connectivity index (χ2v) is 5.73. The number of nitrogens with one attached hydrogen (secondary N) is 2. The number of nitrogens with zero attached hydrogens (tertiary/aromatic N) is 2. The summed E-state index contributed by atoms with van der Waals surface area (Å²) in [5, 5.41) is 3.42. The molecule has 0 amide bonds. The molecule has 1 atom stereocenters. The lowest BCUT2D eigenvalue weighted by atomic mass is 9.95. The number of hydrogen-bond acceptors (Lipinski definition) is 3. The number of likely N-dealkylation sites (tertiary alicyclic amines) is 1. The van der Waals surface area contributed by atoms with E-state index < -0.39 is 12.1 Å². The van der Waals surface area contributed by atoms with Crippen LogP contribution in [0.25, 0.3) is 0 Å². The maximum absolute atomic E-state index is 12.6. The molecular formula is C13H19F3N4. The van der Waals surface area contributed by atoms with E-state index in [4.69, 9.17) is 0 Å². The van der Waals surface area contributed by atoms with Gasteiger partial charge in [-0.25, -0.2) is 4.98 Å². The minimum atomic E-state index is -4.03. The summed E-state index contributed by atoms with van der Waals surface area (Å²) >= 11 is 0. The molecule has 1 saturated heterocycles. The molecule has 20 heavy (non-hydrogen) atoms. The van der Waals surface area contributed by atoms with Crippen molar-refractivity contribution < 1.29 is 13.2 Å². The number of aromatic nitrogens is 2. The normalized spacial score (nSPS) is 25.6. The quantitative estimate of drug-likeness (QED) is 0.870. The second-order valence-electron chi connectivity index (χ2n) is 5.73. The monoisotopic (exact) mass is 288 g/mol. The number of halogens is 3. The first-order valence-corrected chi connectivity index (χ1v) is 7.06. The van der Waals surface area contributed by atoms with E-state index in [0.717, 1.165) is 30.9 Å². The number of fused-ring (bicyclic) bond motifs is 1. The van der Waals surface area contributed by atoms with Crippen molar-refractivity contribution in [2.75, 3.05) is 19.6 Å². The third-order valence-corrected chi connectivity index (χ3v) is 4.34. The Hall–Kier alpha value is -1.08. The maximum Gasteiger partial charge on any atom is 0.391 e. The highest BCUT2D eigenvalue weighted by atomic mass is 19.4. The van der Waals surface area contributed by atoms with Crippen molar-refractivity contribution in [1.29, 1.82) is 0 Å². The van der Waals surface area contributed by atoms with Gasteiger partial charge in [0.05, 0.1) is 23.6 Å². The van der Waals surface area contributed by atoms with E-state index in [9.17, 15) is 13.2 Å². The van der Waals surface area contributed by atoms with Crippen LogP contribution in [0.5, 0.6) is 0 Å². The van der Waals surface area contributed by atoms with Gasteiger partial charge in [-0.1, -0.05) is 0 Å². The molecular weight excluding hydrogens is 269 g/mol. The highest BCUT2D eigenvalue weighted by Gasteiger charge is 2.41. The highest BCUT2D eigenvalue weighted by Crippen LogP contribution is 2.34. The first-order valence-electron chi connectivity index (χ1n) is 7.06. The van der Waals surface area contributed by atoms with Crippen LogP contribution in [-0.2, 0) is 13.0 Å². The van der Waals surface area contributed by atoms with E-state index in [-0.39, 0.29) is 18.9 Å². The topological polar surface area (TPSA) is 44.0 Å². The Morgan fingerprint density at radius 2 is 2.05 bits per heavy atom. The second kappa shape index (κ2) is 5.37. The average molecular weight is 288 g/mol. The summed E-state index contributed by atoms with van der Waals surface area (Å²) in [6, 6.07) is 0.285. The molecule has 0 bridgehead atoms. The molecule has 0 spiro atoms. The van der Waals surface area contributed by atoms with Crippen LogP contribution in [-0.4, -0.2) is 46.7 Å². The van der Waals surface area contributed by atoms with Crippen molar-refractivity contribution >= 4 is 0 Å². The largest absolute Gasteiger partial charge is 0.391 e. The third kappa shape index (κ3) is 2.98. The molecule has 1 unspecified atom stereocenters. The SMILES string of the molecule is FC(F)(F)C1CCN(CC2Cc3nc[nH]c3CN2)CC1. The Morgan fingerprint density at radius 1 is 1.30 bits per heavy atom. The summed E-state index contributed by atoms with van der Waals surface area (Å²) in [4.78, 5) is 9.51. The Kier molecular flexibility index (Phi) is 3.72. The van der Waals surface area contributed by atoms with Gasteiger partial charge in [0.25, 0.3) is 0 Å². The molecule has 3 rings (SSSR count). The fourth-order valence-electron chi connectivity index (χ4n) is 3.11. The van der Waals surface area contributed by atoms with Crippen LogP contribution in [0.15, 0.2) is 6.33 Å². The van der Waals surface area contributed by atoms with Crippen LogP contribution in [0.2, 0.25) is 0 Å². The van der Waals surface area contributed by atoms with Gasteiger partial charge in [-0.15, -0.1) is 0 Å². The molecule has 2 aliphatic rings. The van der Waals surface area contributed by atoms with Crippen LogP contribution < -0.4 is 5.32 Å². The number of aromatic amines is 1. The van der Waals surface area contributed by atoms with E-state index in [2.05, 4.69) is 20.2 Å². The number of rotatable bonds is 2. The van der Waals surface area contributed by atoms with Crippen LogP contribution in [0.4, 0.5) is 13.2 Å². The number of imidazole rings is 1. The van der Waals surface area contributed by atoms with Crippen LogP contribution in [0, 0.1) is 5.92 Å². The molecule has 0 aromatic carbocycles. The standard InChI is InChI=1S/C13H19F3N4/c14-13(15,16)9-1-3-20(4-2-9)7-10-5-11-12(6-17-10)19-8-18-11/h8-10,17H,1-7H2,(H,18,19). The molecule has 1 fully saturated rings. The maximum atomic E-state index is 12.6. The van der Waals surface area contributed by atoms with E-state index in [1.165, 1.54) is 0 Å². The first kappa shape index (κ1) is 13.9. The third-order valence-electron chi connectivity index (χ3n) is 4.34. The van der Waals surface area contributed by atoms with Gasteiger partial charge in [-0.3, -0.25) is 0 Å². The Balaban J connectivity index is 1.49. The van der Waals surface area contributed by atoms with E-state index in [1.807, 2.05) is 0 Å². The predicted octanol–water partition coefficient (Wildman–Crippen LogP) is 1.70. The minimum Gasteiger partial charge on any atom is -0.347 e. The van der Waals surface area contributed by atoms with Gasteiger partial charge in [0.2, 0.25) is 0 Å². The number of alkyl halides is 3. The first-order chi connectivity index (χ1) is 9.52. The summed E-state index contributed by atoms with van der Waals surface area (Å²) in [5.74, 6) is -1.11. The smallest absolute Gasteiger partial charge is 0.347 e. The summed E-state index contributed by atoms with van der Waals surface area (Å²) in [7, 11) is 0. The lowest BCUT2D eigenvalue weighted by Crippen LogP contribution is -2.48.